The summed E-state index contributed by atoms with van der Waals surface area (Å²) in [7, 11) is 0. The van der Waals surface area contributed by atoms with Gasteiger partial charge in [0, 0.05) is 6.42 Å². The fourth-order valence-electron chi connectivity index (χ4n) is 0.407. The van der Waals surface area contributed by atoms with Crippen LogP contribution in [0.25, 0.3) is 0 Å². The SMILES string of the molecule is CC=COC(=O)CCC. The van der Waals surface area contributed by atoms with Crippen LogP contribution < -0.4 is 0 Å². The van der Waals surface area contributed by atoms with Gasteiger partial charge in [0.15, 0.2) is 0 Å². The van der Waals surface area contributed by atoms with Crippen molar-refractivity contribution in [3.63, 3.8) is 0 Å². The number of ether oxygens (including phenoxy) is 1. The van der Waals surface area contributed by atoms with Crippen molar-refractivity contribution in [3.05, 3.63) is 12.3 Å². The van der Waals surface area contributed by atoms with Gasteiger partial charge in [-0.15, -0.1) is 0 Å². The highest BCUT2D eigenvalue weighted by molar-refractivity contribution is 5.69. The van der Waals surface area contributed by atoms with Crippen LogP contribution >= 0.6 is 0 Å². The highest BCUT2D eigenvalue weighted by atomic mass is 16.5. The maximum atomic E-state index is 10.5. The Morgan fingerprint density at radius 3 is 2.78 bits per heavy atom. The number of esters is 1. The third kappa shape index (κ3) is 5.07. The zero-order valence-electron chi connectivity index (χ0n) is 5.89. The standard InChI is InChI=1S/C7H12O2/c1-3-5-7(8)9-6-4-2/h4,6H,3,5H2,1-2H3. The molecular formula is C7H12O2. The lowest BCUT2D eigenvalue weighted by atomic mass is 10.3. The molecule has 0 aliphatic rings. The van der Waals surface area contributed by atoms with Gasteiger partial charge < -0.3 is 4.74 Å². The van der Waals surface area contributed by atoms with Gasteiger partial charge in [0.2, 0.25) is 0 Å². The molecule has 0 aromatic rings. The predicted molar refractivity (Wildman–Crippen MR) is 35.8 cm³/mol. The Balaban J connectivity index is 3.27. The molecule has 0 fully saturated rings. The second kappa shape index (κ2) is 5.35. The van der Waals surface area contributed by atoms with Crippen LogP contribution in [0.5, 0.6) is 0 Å². The minimum atomic E-state index is -0.157. The first-order valence-electron chi connectivity index (χ1n) is 3.12. The molecule has 0 unspecified atom stereocenters. The van der Waals surface area contributed by atoms with E-state index in [1.54, 1.807) is 13.0 Å². The monoisotopic (exact) mass is 128 g/mol. The molecule has 0 heterocycles. The van der Waals surface area contributed by atoms with E-state index in [4.69, 9.17) is 0 Å². The summed E-state index contributed by atoms with van der Waals surface area (Å²) in [5.74, 6) is -0.157. The molecule has 0 aliphatic heterocycles. The minimum Gasteiger partial charge on any atom is -0.435 e. The first-order valence-corrected chi connectivity index (χ1v) is 3.12. The van der Waals surface area contributed by atoms with Crippen molar-refractivity contribution < 1.29 is 9.53 Å². The number of allylic oxidation sites excluding steroid dienone is 1. The minimum absolute atomic E-state index is 0.157. The zero-order chi connectivity index (χ0) is 7.11. The topological polar surface area (TPSA) is 26.3 Å². The summed E-state index contributed by atoms with van der Waals surface area (Å²) in [6, 6.07) is 0. The molecule has 0 radical (unpaired) electrons. The van der Waals surface area contributed by atoms with Crippen LogP contribution in [0.15, 0.2) is 12.3 Å². The summed E-state index contributed by atoms with van der Waals surface area (Å²) in [5.41, 5.74) is 0. The van der Waals surface area contributed by atoms with Gasteiger partial charge in [0.05, 0.1) is 6.26 Å². The second-order valence-electron chi connectivity index (χ2n) is 1.71. The van der Waals surface area contributed by atoms with Crippen LogP contribution in [0, 0.1) is 0 Å². The zero-order valence-corrected chi connectivity index (χ0v) is 5.89. The summed E-state index contributed by atoms with van der Waals surface area (Å²) < 4.78 is 4.61. The molecule has 0 bridgehead atoms. The molecule has 52 valence electrons. The Hall–Kier alpha value is -0.790. The Morgan fingerprint density at radius 2 is 2.33 bits per heavy atom. The van der Waals surface area contributed by atoms with E-state index in [2.05, 4.69) is 4.74 Å². The summed E-state index contributed by atoms with van der Waals surface area (Å²) in [5, 5.41) is 0. The van der Waals surface area contributed by atoms with Gasteiger partial charge in [-0.3, -0.25) is 4.79 Å². The van der Waals surface area contributed by atoms with Crippen molar-refractivity contribution in [3.8, 4) is 0 Å². The fraction of sp³-hybridized carbons (Fsp3) is 0.571. The van der Waals surface area contributed by atoms with Gasteiger partial charge in [0.25, 0.3) is 0 Å². The van der Waals surface area contributed by atoms with E-state index in [-0.39, 0.29) is 5.97 Å². The van der Waals surface area contributed by atoms with Crippen molar-refractivity contribution in [2.75, 3.05) is 0 Å². The quantitative estimate of drug-likeness (QED) is 0.428. The van der Waals surface area contributed by atoms with Gasteiger partial charge in [0.1, 0.15) is 0 Å². The van der Waals surface area contributed by atoms with E-state index < -0.39 is 0 Å². The van der Waals surface area contributed by atoms with Crippen molar-refractivity contribution in [2.45, 2.75) is 26.7 Å². The highest BCUT2D eigenvalue weighted by Gasteiger charge is 1.94. The first-order chi connectivity index (χ1) is 4.31. The van der Waals surface area contributed by atoms with E-state index in [0.717, 1.165) is 6.42 Å². The number of hydrogen-bond donors (Lipinski definition) is 0. The molecule has 0 atom stereocenters. The molecule has 0 saturated carbocycles. The molecule has 0 aromatic heterocycles. The molecule has 0 N–H and O–H groups in total. The lowest BCUT2D eigenvalue weighted by molar-refractivity contribution is -0.138. The number of rotatable bonds is 3. The van der Waals surface area contributed by atoms with Crippen molar-refractivity contribution in [1.82, 2.24) is 0 Å². The van der Waals surface area contributed by atoms with Crippen LogP contribution in [0.4, 0.5) is 0 Å². The van der Waals surface area contributed by atoms with Crippen molar-refractivity contribution in [1.29, 1.82) is 0 Å². The van der Waals surface area contributed by atoms with Crippen molar-refractivity contribution >= 4 is 5.97 Å². The smallest absolute Gasteiger partial charge is 0.310 e. The van der Waals surface area contributed by atoms with Gasteiger partial charge in [-0.25, -0.2) is 0 Å². The highest BCUT2D eigenvalue weighted by Crippen LogP contribution is 1.90. The number of carbonyl (C=O) groups is 1. The summed E-state index contributed by atoms with van der Waals surface area (Å²) in [6.45, 7) is 3.75. The maximum Gasteiger partial charge on any atom is 0.310 e. The Morgan fingerprint density at radius 1 is 1.67 bits per heavy atom. The molecule has 2 heteroatoms. The van der Waals surface area contributed by atoms with Gasteiger partial charge in [-0.05, 0) is 13.3 Å². The predicted octanol–water partition coefficient (Wildman–Crippen LogP) is 1.86. The molecule has 2 nitrogen and oxygen atoms in total. The van der Waals surface area contributed by atoms with Crippen molar-refractivity contribution in [2.24, 2.45) is 0 Å². The first kappa shape index (κ1) is 8.21. The fourth-order valence-corrected chi connectivity index (χ4v) is 0.407. The lowest BCUT2D eigenvalue weighted by Gasteiger charge is -1.93. The van der Waals surface area contributed by atoms with E-state index >= 15 is 0 Å². The van der Waals surface area contributed by atoms with E-state index in [1.165, 1.54) is 6.26 Å². The molecule has 0 saturated heterocycles. The maximum absolute atomic E-state index is 10.5. The van der Waals surface area contributed by atoms with Crippen LogP contribution in [-0.2, 0) is 9.53 Å². The van der Waals surface area contributed by atoms with Crippen LogP contribution in [0.3, 0.4) is 0 Å². The summed E-state index contributed by atoms with van der Waals surface area (Å²) in [6.07, 6.45) is 4.44. The Bertz CT molecular complexity index is 105. The average molecular weight is 128 g/mol. The second-order valence-corrected chi connectivity index (χ2v) is 1.71. The third-order valence-corrected chi connectivity index (χ3v) is 0.790. The largest absolute Gasteiger partial charge is 0.435 e. The number of carbonyl (C=O) groups excluding carboxylic acids is 1. The molecule has 9 heavy (non-hydrogen) atoms. The normalized spacial score (nSPS) is 10.0. The molecule has 0 rings (SSSR count). The van der Waals surface area contributed by atoms with Gasteiger partial charge in [-0.2, -0.15) is 0 Å². The Labute approximate surface area is 55.5 Å². The molecule has 0 aromatic carbocycles. The Kier molecular flexibility index (Phi) is 4.88. The molecule has 0 amide bonds. The molecule has 0 aliphatic carbocycles. The van der Waals surface area contributed by atoms with E-state index in [1.807, 2.05) is 6.92 Å². The van der Waals surface area contributed by atoms with Gasteiger partial charge in [-0.1, -0.05) is 13.0 Å². The third-order valence-electron chi connectivity index (χ3n) is 0.790. The molecule has 0 spiro atoms. The van der Waals surface area contributed by atoms with Crippen LogP contribution in [-0.4, -0.2) is 5.97 Å². The summed E-state index contributed by atoms with van der Waals surface area (Å²) in [4.78, 5) is 10.5. The van der Waals surface area contributed by atoms with E-state index in [0.29, 0.717) is 6.42 Å². The average Bonchev–Trinajstić information content (AvgIpc) is 1.85. The lowest BCUT2D eigenvalue weighted by Crippen LogP contribution is -1.96. The van der Waals surface area contributed by atoms with Crippen LogP contribution in [0.2, 0.25) is 0 Å². The van der Waals surface area contributed by atoms with E-state index in [9.17, 15) is 4.79 Å². The molecular weight excluding hydrogens is 116 g/mol. The van der Waals surface area contributed by atoms with Crippen LogP contribution in [0.1, 0.15) is 26.7 Å². The number of hydrogen-bond acceptors (Lipinski definition) is 2. The summed E-state index contributed by atoms with van der Waals surface area (Å²) >= 11 is 0. The van der Waals surface area contributed by atoms with Gasteiger partial charge >= 0.3 is 5.97 Å².